The van der Waals surface area contributed by atoms with Crippen LogP contribution in [0.25, 0.3) is 0 Å². The van der Waals surface area contributed by atoms with Gasteiger partial charge in [0.05, 0.1) is 0 Å². The Bertz CT molecular complexity index is 489. The maximum absolute atomic E-state index is 11.8. The molecule has 0 bridgehead atoms. The molecule has 1 heterocycles. The van der Waals surface area contributed by atoms with Crippen molar-refractivity contribution in [3.05, 3.63) is 22.2 Å². The normalized spacial score (nSPS) is 23.1. The highest BCUT2D eigenvalue weighted by Crippen LogP contribution is 2.25. The van der Waals surface area contributed by atoms with E-state index in [4.69, 9.17) is 5.73 Å². The first-order valence-corrected chi connectivity index (χ1v) is 7.64. The van der Waals surface area contributed by atoms with Crippen LogP contribution >= 0.6 is 0 Å². The second-order valence-electron chi connectivity index (χ2n) is 6.00. The largest absolute Gasteiger partial charge is 0.354 e. The van der Waals surface area contributed by atoms with Crippen molar-refractivity contribution in [2.24, 2.45) is 5.73 Å². The molecule has 20 heavy (non-hydrogen) atoms. The molecule has 1 fully saturated rings. The number of nitrogens with two attached hydrogens (primary N) is 1. The molecule has 0 aromatic carbocycles. The quantitative estimate of drug-likeness (QED) is 0.883. The first-order chi connectivity index (χ1) is 9.51. The molecule has 0 radical (unpaired) electrons. The van der Waals surface area contributed by atoms with Crippen molar-refractivity contribution in [2.75, 3.05) is 11.4 Å². The number of aromatic amines is 1. The third-order valence-electron chi connectivity index (χ3n) is 4.11. The molecule has 1 aliphatic carbocycles. The monoisotopic (exact) mass is 278 g/mol. The Morgan fingerprint density at radius 1 is 1.40 bits per heavy atom. The number of nitrogens with zero attached hydrogens (tertiary/aromatic N) is 2. The number of nitrogens with one attached hydrogen (secondary N) is 1. The lowest BCUT2D eigenvalue weighted by atomic mass is 9.90. The van der Waals surface area contributed by atoms with Gasteiger partial charge in [0.25, 0.3) is 5.56 Å². The highest BCUT2D eigenvalue weighted by Gasteiger charge is 2.25. The van der Waals surface area contributed by atoms with Crippen LogP contribution in [0.4, 0.5) is 5.82 Å². The molecule has 2 rings (SSSR count). The maximum atomic E-state index is 11.8. The average molecular weight is 278 g/mol. The summed E-state index contributed by atoms with van der Waals surface area (Å²) < 4.78 is 0. The van der Waals surface area contributed by atoms with Gasteiger partial charge in [0, 0.05) is 30.6 Å². The summed E-state index contributed by atoms with van der Waals surface area (Å²) in [5.41, 5.74) is 5.91. The Hall–Kier alpha value is -1.36. The van der Waals surface area contributed by atoms with Crippen molar-refractivity contribution < 1.29 is 0 Å². The van der Waals surface area contributed by atoms with Gasteiger partial charge in [-0.1, -0.05) is 13.8 Å². The van der Waals surface area contributed by atoms with Crippen molar-refractivity contribution in [3.8, 4) is 0 Å². The zero-order valence-electron chi connectivity index (χ0n) is 12.7. The van der Waals surface area contributed by atoms with Crippen LogP contribution in [0, 0.1) is 0 Å². The predicted octanol–water partition coefficient (Wildman–Crippen LogP) is 1.99. The van der Waals surface area contributed by atoms with Gasteiger partial charge >= 0.3 is 0 Å². The molecule has 0 aliphatic heterocycles. The fraction of sp³-hybridized carbons (Fsp3) is 0.733. The van der Waals surface area contributed by atoms with Crippen molar-refractivity contribution in [2.45, 2.75) is 64.5 Å². The van der Waals surface area contributed by atoms with Crippen LogP contribution in [0.2, 0.25) is 0 Å². The molecule has 1 aromatic heterocycles. The van der Waals surface area contributed by atoms with Gasteiger partial charge in [-0.3, -0.25) is 4.79 Å². The van der Waals surface area contributed by atoms with Crippen molar-refractivity contribution in [3.63, 3.8) is 0 Å². The molecule has 3 N–H and O–H groups in total. The smallest absolute Gasteiger partial charge is 0.252 e. The number of aromatic nitrogens is 2. The number of hydrogen-bond acceptors (Lipinski definition) is 4. The van der Waals surface area contributed by atoms with Gasteiger partial charge < -0.3 is 15.6 Å². The number of anilines is 1. The summed E-state index contributed by atoms with van der Waals surface area (Å²) in [5.74, 6) is 1.79. The van der Waals surface area contributed by atoms with E-state index in [0.29, 0.717) is 12.1 Å². The summed E-state index contributed by atoms with van der Waals surface area (Å²) in [4.78, 5) is 21.5. The lowest BCUT2D eigenvalue weighted by Gasteiger charge is -2.36. The van der Waals surface area contributed by atoms with Crippen molar-refractivity contribution in [1.82, 2.24) is 9.97 Å². The Morgan fingerprint density at radius 2 is 2.05 bits per heavy atom. The van der Waals surface area contributed by atoms with E-state index >= 15 is 0 Å². The Morgan fingerprint density at radius 3 is 2.60 bits per heavy atom. The molecule has 0 atom stereocenters. The van der Waals surface area contributed by atoms with Gasteiger partial charge in [-0.05, 0) is 32.6 Å². The molecule has 0 unspecified atom stereocenters. The molecule has 5 heteroatoms. The molecule has 112 valence electrons. The van der Waals surface area contributed by atoms with Crippen LogP contribution in [0.15, 0.2) is 10.9 Å². The van der Waals surface area contributed by atoms with E-state index in [2.05, 4.69) is 21.8 Å². The second kappa shape index (κ2) is 6.39. The van der Waals surface area contributed by atoms with Crippen LogP contribution in [0.5, 0.6) is 0 Å². The number of hydrogen-bond donors (Lipinski definition) is 2. The van der Waals surface area contributed by atoms with Gasteiger partial charge in [-0.25, -0.2) is 4.98 Å². The third kappa shape index (κ3) is 3.39. The molecule has 0 saturated heterocycles. The summed E-state index contributed by atoms with van der Waals surface area (Å²) >= 11 is 0. The Balaban J connectivity index is 2.25. The third-order valence-corrected chi connectivity index (χ3v) is 4.11. The highest BCUT2D eigenvalue weighted by atomic mass is 16.1. The van der Waals surface area contributed by atoms with Crippen molar-refractivity contribution in [1.29, 1.82) is 0 Å². The number of H-pyrrole nitrogens is 1. The molecule has 1 saturated carbocycles. The summed E-state index contributed by atoms with van der Waals surface area (Å²) in [6.45, 7) is 7.07. The molecule has 1 aromatic rings. The van der Waals surface area contributed by atoms with Crippen molar-refractivity contribution >= 4 is 5.82 Å². The summed E-state index contributed by atoms with van der Waals surface area (Å²) in [6.07, 6.45) is 4.28. The van der Waals surface area contributed by atoms with Gasteiger partial charge in [0.1, 0.15) is 11.6 Å². The Labute approximate surface area is 120 Å². The van der Waals surface area contributed by atoms with E-state index in [-0.39, 0.29) is 11.5 Å². The van der Waals surface area contributed by atoms with E-state index in [1.54, 1.807) is 6.07 Å². The SMILES string of the molecule is CCN(c1cc(=O)[nH]c(C(C)C)n1)C1CCC(N)CC1. The maximum Gasteiger partial charge on any atom is 0.252 e. The standard InChI is InChI=1S/C15H26N4O/c1-4-19(12-7-5-11(16)6-8-12)13-9-14(20)18-15(17-13)10(2)3/h9-12H,4-8,16H2,1-3H3,(H,17,18,20). The highest BCUT2D eigenvalue weighted by molar-refractivity contribution is 5.39. The first-order valence-electron chi connectivity index (χ1n) is 7.64. The van der Waals surface area contributed by atoms with Gasteiger partial charge in [0.2, 0.25) is 0 Å². The first kappa shape index (κ1) is 15.0. The molecule has 1 aliphatic rings. The molecular formula is C15H26N4O. The van der Waals surface area contributed by atoms with E-state index in [9.17, 15) is 4.79 Å². The van der Waals surface area contributed by atoms with Gasteiger partial charge in [0.15, 0.2) is 0 Å². The zero-order valence-corrected chi connectivity index (χ0v) is 12.7. The lowest BCUT2D eigenvalue weighted by Crippen LogP contribution is -2.42. The topological polar surface area (TPSA) is 75.0 Å². The van der Waals surface area contributed by atoms with E-state index in [1.165, 1.54) is 0 Å². The van der Waals surface area contributed by atoms with Gasteiger partial charge in [-0.2, -0.15) is 0 Å². The van der Waals surface area contributed by atoms with E-state index in [0.717, 1.165) is 43.9 Å². The fourth-order valence-electron chi connectivity index (χ4n) is 2.90. The molecule has 0 amide bonds. The Kier molecular flexibility index (Phi) is 4.81. The van der Waals surface area contributed by atoms with Gasteiger partial charge in [-0.15, -0.1) is 0 Å². The molecule has 0 spiro atoms. The summed E-state index contributed by atoms with van der Waals surface area (Å²) in [6, 6.07) is 2.40. The summed E-state index contributed by atoms with van der Waals surface area (Å²) in [5, 5.41) is 0. The van der Waals surface area contributed by atoms with Crippen LogP contribution in [-0.2, 0) is 0 Å². The minimum absolute atomic E-state index is 0.0651. The minimum Gasteiger partial charge on any atom is -0.354 e. The van der Waals surface area contributed by atoms with Crippen LogP contribution in [-0.4, -0.2) is 28.6 Å². The molecule has 5 nitrogen and oxygen atoms in total. The van der Waals surface area contributed by atoms with E-state index < -0.39 is 0 Å². The van der Waals surface area contributed by atoms with E-state index in [1.807, 2.05) is 13.8 Å². The molecular weight excluding hydrogens is 252 g/mol. The fourth-order valence-corrected chi connectivity index (χ4v) is 2.90. The number of rotatable bonds is 4. The average Bonchev–Trinajstić information content (AvgIpc) is 2.41. The minimum atomic E-state index is -0.0651. The zero-order chi connectivity index (χ0) is 14.7. The van der Waals surface area contributed by atoms with Crippen LogP contribution in [0.1, 0.15) is 58.2 Å². The van der Waals surface area contributed by atoms with Crippen LogP contribution in [0.3, 0.4) is 0 Å². The van der Waals surface area contributed by atoms with Crippen LogP contribution < -0.4 is 16.2 Å². The summed E-state index contributed by atoms with van der Waals surface area (Å²) in [7, 11) is 0. The second-order valence-corrected chi connectivity index (χ2v) is 6.00. The predicted molar refractivity (Wildman–Crippen MR) is 82.2 cm³/mol. The lowest BCUT2D eigenvalue weighted by molar-refractivity contribution is 0.376.